The highest BCUT2D eigenvalue weighted by molar-refractivity contribution is 7.91. The Labute approximate surface area is 213 Å². The fraction of sp³-hybridized carbons (Fsp3) is 0.167. The molecule has 0 atom stereocenters. The van der Waals surface area contributed by atoms with Crippen LogP contribution in [0.4, 0.5) is 0 Å². The number of sulfonamides is 1. The van der Waals surface area contributed by atoms with Gasteiger partial charge in [0.1, 0.15) is 4.21 Å². The van der Waals surface area contributed by atoms with E-state index in [1.807, 2.05) is 42.5 Å². The van der Waals surface area contributed by atoms with Gasteiger partial charge in [-0.2, -0.15) is 4.31 Å². The summed E-state index contributed by atoms with van der Waals surface area (Å²) in [7, 11) is -3.62. The van der Waals surface area contributed by atoms with Crippen molar-refractivity contribution in [2.24, 2.45) is 0 Å². The van der Waals surface area contributed by atoms with Gasteiger partial charge < -0.3 is 4.90 Å². The van der Waals surface area contributed by atoms with Crippen LogP contribution in [0.2, 0.25) is 5.02 Å². The topological polar surface area (TPSA) is 70.6 Å². The summed E-state index contributed by atoms with van der Waals surface area (Å²) < 4.78 is 28.9. The van der Waals surface area contributed by atoms with Crippen molar-refractivity contribution < 1.29 is 13.2 Å². The summed E-state index contributed by atoms with van der Waals surface area (Å²) in [4.78, 5) is 18.7. The molecule has 1 saturated heterocycles. The quantitative estimate of drug-likeness (QED) is 0.362. The number of halogens is 2. The third kappa shape index (κ3) is 4.82. The lowest BCUT2D eigenvalue weighted by Gasteiger charge is -2.33. The van der Waals surface area contributed by atoms with Gasteiger partial charge in [0.2, 0.25) is 0 Å². The largest absolute Gasteiger partial charge is 0.336 e. The molecular weight excluding hydrogens is 513 g/mol. The first-order chi connectivity index (χ1) is 15.9. The number of rotatable bonds is 4. The third-order valence-corrected chi connectivity index (χ3v) is 9.41. The lowest BCUT2D eigenvalue weighted by Crippen LogP contribution is -2.50. The second kappa shape index (κ2) is 10.0. The van der Waals surface area contributed by atoms with Gasteiger partial charge in [0.05, 0.1) is 0 Å². The Kier molecular flexibility index (Phi) is 7.25. The van der Waals surface area contributed by atoms with Crippen molar-refractivity contribution in [3.05, 3.63) is 83.6 Å². The van der Waals surface area contributed by atoms with Gasteiger partial charge in [0, 0.05) is 53.9 Å². The summed E-state index contributed by atoms with van der Waals surface area (Å²) in [5.74, 6) is -0.0927. The maximum absolute atomic E-state index is 13.2. The van der Waals surface area contributed by atoms with Crippen molar-refractivity contribution in [3.63, 3.8) is 0 Å². The van der Waals surface area contributed by atoms with Crippen LogP contribution in [0.15, 0.2) is 77.3 Å². The summed E-state index contributed by atoms with van der Waals surface area (Å²) in [5.41, 5.74) is 2.63. The maximum atomic E-state index is 13.2. The normalized spacial score (nSPS) is 14.7. The number of fused-ring (bicyclic) bond motifs is 1. The van der Waals surface area contributed by atoms with Crippen LogP contribution in [0.3, 0.4) is 0 Å². The van der Waals surface area contributed by atoms with Crippen LogP contribution in [0.25, 0.3) is 21.2 Å². The van der Waals surface area contributed by atoms with Gasteiger partial charge in [-0.15, -0.1) is 23.7 Å². The number of thiophene rings is 1. The lowest BCUT2D eigenvalue weighted by molar-refractivity contribution is 0.0698. The molecule has 0 saturated carbocycles. The van der Waals surface area contributed by atoms with Crippen LogP contribution in [0, 0.1) is 0 Å². The number of piperazine rings is 1. The van der Waals surface area contributed by atoms with Gasteiger partial charge in [0.25, 0.3) is 15.9 Å². The van der Waals surface area contributed by atoms with Gasteiger partial charge in [-0.05, 0) is 59.0 Å². The Morgan fingerprint density at radius 2 is 1.53 bits per heavy atom. The molecule has 4 aromatic rings. The van der Waals surface area contributed by atoms with Crippen molar-refractivity contribution in [2.75, 3.05) is 26.2 Å². The predicted molar refractivity (Wildman–Crippen MR) is 138 cm³/mol. The molecule has 0 N–H and O–H groups in total. The van der Waals surface area contributed by atoms with Gasteiger partial charge in [-0.25, -0.2) is 8.42 Å². The van der Waals surface area contributed by atoms with E-state index in [1.54, 1.807) is 35.5 Å². The van der Waals surface area contributed by atoms with Crippen LogP contribution in [-0.4, -0.2) is 54.7 Å². The second-order valence-corrected chi connectivity index (χ2v) is 11.4. The number of amides is 1. The van der Waals surface area contributed by atoms with E-state index in [2.05, 4.69) is 4.98 Å². The van der Waals surface area contributed by atoms with E-state index in [4.69, 9.17) is 11.6 Å². The van der Waals surface area contributed by atoms with Crippen LogP contribution >= 0.6 is 35.3 Å². The summed E-state index contributed by atoms with van der Waals surface area (Å²) in [6.45, 7) is 1.22. The average molecular weight is 534 g/mol. The predicted octanol–water partition coefficient (Wildman–Crippen LogP) is 5.19. The molecule has 2 aromatic carbocycles. The highest BCUT2D eigenvalue weighted by Gasteiger charge is 2.31. The molecular formula is C24H21Cl2N3O3S2. The molecule has 34 heavy (non-hydrogen) atoms. The second-order valence-electron chi connectivity index (χ2n) is 7.76. The van der Waals surface area contributed by atoms with E-state index in [9.17, 15) is 13.2 Å². The van der Waals surface area contributed by atoms with Crippen LogP contribution in [0.1, 0.15) is 10.4 Å². The molecule has 0 bridgehead atoms. The summed E-state index contributed by atoms with van der Waals surface area (Å²) in [5, 5.41) is 1.43. The molecule has 1 amide bonds. The lowest BCUT2D eigenvalue weighted by atomic mass is 10.0. The first-order valence-corrected chi connectivity index (χ1v) is 13.0. The minimum absolute atomic E-state index is 0. The van der Waals surface area contributed by atoms with Crippen molar-refractivity contribution in [3.8, 4) is 11.1 Å². The zero-order chi connectivity index (χ0) is 23.0. The zero-order valence-electron chi connectivity index (χ0n) is 17.9. The van der Waals surface area contributed by atoms with Crippen LogP contribution in [0.5, 0.6) is 0 Å². The molecule has 1 aliphatic rings. The molecule has 1 aliphatic heterocycles. The Hall–Kier alpha value is -2.49. The number of carbonyl (C=O) groups excluding carboxylic acids is 1. The SMILES string of the molecule is Cl.O=C(c1ccc(-c2ccncc2)cc1)N1CCN(S(=O)(=O)c2cc3ccc(Cl)cc3s2)CC1. The molecule has 5 rings (SSSR count). The summed E-state index contributed by atoms with van der Waals surface area (Å²) in [6.07, 6.45) is 3.46. The van der Waals surface area contributed by atoms with Crippen molar-refractivity contribution >= 4 is 61.4 Å². The fourth-order valence-corrected chi connectivity index (χ4v) is 7.15. The van der Waals surface area contributed by atoms with Crippen molar-refractivity contribution in [2.45, 2.75) is 4.21 Å². The molecule has 6 nitrogen and oxygen atoms in total. The van der Waals surface area contributed by atoms with Gasteiger partial charge in [-0.1, -0.05) is 29.8 Å². The Bertz CT molecular complexity index is 1420. The van der Waals surface area contributed by atoms with Crippen molar-refractivity contribution in [1.82, 2.24) is 14.2 Å². The standard InChI is InChI=1S/C24H20ClN3O3S2.ClH/c25-21-6-5-20-15-23(32-22(20)16-21)33(30,31)28-13-11-27(12-14-28)24(29)19-3-1-17(2-4-19)18-7-9-26-10-8-18;/h1-10,15-16H,11-14H2;1H. The van der Waals surface area contributed by atoms with E-state index in [0.717, 1.165) is 21.2 Å². The minimum Gasteiger partial charge on any atom is -0.336 e. The zero-order valence-corrected chi connectivity index (χ0v) is 21.1. The molecule has 0 unspecified atom stereocenters. The Morgan fingerprint density at radius 3 is 2.21 bits per heavy atom. The first kappa shape index (κ1) is 24.6. The number of nitrogens with zero attached hydrogens (tertiary/aromatic N) is 3. The molecule has 176 valence electrons. The van der Waals surface area contributed by atoms with E-state index in [-0.39, 0.29) is 31.4 Å². The molecule has 2 aromatic heterocycles. The third-order valence-electron chi connectivity index (χ3n) is 5.73. The minimum atomic E-state index is -3.62. The van der Waals surface area contributed by atoms with E-state index >= 15 is 0 Å². The van der Waals surface area contributed by atoms with E-state index in [1.165, 1.54) is 15.6 Å². The average Bonchev–Trinajstić information content (AvgIpc) is 3.28. The summed E-state index contributed by atoms with van der Waals surface area (Å²) >= 11 is 7.25. The highest BCUT2D eigenvalue weighted by atomic mass is 35.5. The van der Waals surface area contributed by atoms with E-state index in [0.29, 0.717) is 27.9 Å². The molecule has 3 heterocycles. The number of hydrogen-bond acceptors (Lipinski definition) is 5. The Morgan fingerprint density at radius 1 is 0.882 bits per heavy atom. The highest BCUT2D eigenvalue weighted by Crippen LogP contribution is 2.33. The first-order valence-electron chi connectivity index (χ1n) is 10.4. The fourth-order valence-electron chi connectivity index (χ4n) is 3.90. The maximum Gasteiger partial charge on any atom is 0.253 e. The molecule has 10 heteroatoms. The van der Waals surface area contributed by atoms with Gasteiger partial charge in [-0.3, -0.25) is 9.78 Å². The number of aromatic nitrogens is 1. The van der Waals surface area contributed by atoms with Crippen LogP contribution < -0.4 is 0 Å². The molecule has 0 spiro atoms. The monoisotopic (exact) mass is 533 g/mol. The summed E-state index contributed by atoms with van der Waals surface area (Å²) in [6, 6.07) is 18.3. The number of hydrogen-bond donors (Lipinski definition) is 0. The van der Waals surface area contributed by atoms with Gasteiger partial charge in [0.15, 0.2) is 0 Å². The number of pyridine rings is 1. The Balaban J connectivity index is 0.00000274. The number of carbonyl (C=O) groups is 1. The molecule has 1 fully saturated rings. The molecule has 0 radical (unpaired) electrons. The van der Waals surface area contributed by atoms with E-state index < -0.39 is 10.0 Å². The number of benzene rings is 2. The van der Waals surface area contributed by atoms with Crippen molar-refractivity contribution in [1.29, 1.82) is 0 Å². The molecule has 0 aliphatic carbocycles. The van der Waals surface area contributed by atoms with Gasteiger partial charge >= 0.3 is 0 Å². The van der Waals surface area contributed by atoms with Crippen LogP contribution in [-0.2, 0) is 10.0 Å². The smallest absolute Gasteiger partial charge is 0.253 e.